The molecule has 4 heteroatoms. The molecule has 0 aliphatic rings. The van der Waals surface area contributed by atoms with Gasteiger partial charge in [0.2, 0.25) is 0 Å². The van der Waals surface area contributed by atoms with Gasteiger partial charge >= 0.3 is 0 Å². The van der Waals surface area contributed by atoms with E-state index in [0.29, 0.717) is 12.0 Å². The Morgan fingerprint density at radius 2 is 2.06 bits per heavy atom. The van der Waals surface area contributed by atoms with Gasteiger partial charge in [-0.15, -0.1) is 11.8 Å². The van der Waals surface area contributed by atoms with Crippen LogP contribution >= 0.6 is 11.8 Å². The lowest BCUT2D eigenvalue weighted by Gasteiger charge is -2.11. The van der Waals surface area contributed by atoms with Crippen LogP contribution in [0.2, 0.25) is 0 Å². The summed E-state index contributed by atoms with van der Waals surface area (Å²) < 4.78 is 0. The molecule has 18 heavy (non-hydrogen) atoms. The predicted molar refractivity (Wildman–Crippen MR) is 81.3 cm³/mol. The van der Waals surface area contributed by atoms with Gasteiger partial charge in [-0.2, -0.15) is 0 Å². The number of aliphatic imine (C=N–C) groups is 1. The number of rotatable bonds is 6. The third kappa shape index (κ3) is 5.96. The molecule has 0 amide bonds. The average molecular weight is 265 g/mol. The van der Waals surface area contributed by atoms with Crippen LogP contribution in [0.15, 0.2) is 34.2 Å². The number of benzene rings is 1. The van der Waals surface area contributed by atoms with E-state index in [1.807, 2.05) is 0 Å². The molecular formula is C14H23N3S. The lowest BCUT2D eigenvalue weighted by atomic mass is 10.2. The highest BCUT2D eigenvalue weighted by molar-refractivity contribution is 7.99. The number of hydrogen-bond donors (Lipinski definition) is 2. The van der Waals surface area contributed by atoms with Gasteiger partial charge in [-0.3, -0.25) is 4.99 Å². The Labute approximate surface area is 114 Å². The van der Waals surface area contributed by atoms with Gasteiger partial charge < -0.3 is 11.1 Å². The monoisotopic (exact) mass is 265 g/mol. The standard InChI is InChI=1S/C14H23N3S/c1-4-12(3)17-14(15)16-9-10-18-13-7-5-11(2)6-8-13/h5-8,12H,4,9-10H2,1-3H3,(H3,15,16,17). The molecule has 3 N–H and O–H groups in total. The third-order valence-corrected chi connectivity index (χ3v) is 3.66. The summed E-state index contributed by atoms with van der Waals surface area (Å²) in [6.07, 6.45) is 1.05. The van der Waals surface area contributed by atoms with Crippen molar-refractivity contribution < 1.29 is 0 Å². The lowest BCUT2D eigenvalue weighted by Crippen LogP contribution is -2.38. The van der Waals surface area contributed by atoms with Crippen LogP contribution in [-0.4, -0.2) is 24.3 Å². The molecular weight excluding hydrogens is 242 g/mol. The topological polar surface area (TPSA) is 50.4 Å². The summed E-state index contributed by atoms with van der Waals surface area (Å²) >= 11 is 1.81. The van der Waals surface area contributed by atoms with E-state index in [4.69, 9.17) is 5.73 Å². The third-order valence-electron chi connectivity index (χ3n) is 2.67. The quantitative estimate of drug-likeness (QED) is 0.360. The second-order valence-corrected chi connectivity index (χ2v) is 5.55. The minimum Gasteiger partial charge on any atom is -0.370 e. The van der Waals surface area contributed by atoms with Crippen LogP contribution in [0.1, 0.15) is 25.8 Å². The summed E-state index contributed by atoms with van der Waals surface area (Å²) in [6.45, 7) is 7.06. The minimum absolute atomic E-state index is 0.388. The van der Waals surface area contributed by atoms with Crippen molar-refractivity contribution in [2.45, 2.75) is 38.1 Å². The number of thioether (sulfide) groups is 1. The van der Waals surface area contributed by atoms with Crippen molar-refractivity contribution in [2.24, 2.45) is 10.7 Å². The molecule has 0 aliphatic heterocycles. The molecule has 0 radical (unpaired) electrons. The van der Waals surface area contributed by atoms with Gasteiger partial charge in [0.25, 0.3) is 0 Å². The van der Waals surface area contributed by atoms with Crippen LogP contribution < -0.4 is 11.1 Å². The van der Waals surface area contributed by atoms with Crippen molar-refractivity contribution in [1.29, 1.82) is 0 Å². The molecule has 0 aliphatic carbocycles. The highest BCUT2D eigenvalue weighted by Gasteiger charge is 1.98. The fourth-order valence-electron chi connectivity index (χ4n) is 1.36. The number of guanidine groups is 1. The zero-order valence-corrected chi connectivity index (χ0v) is 12.3. The Morgan fingerprint density at radius 1 is 1.39 bits per heavy atom. The summed E-state index contributed by atoms with van der Waals surface area (Å²) in [5.41, 5.74) is 7.07. The van der Waals surface area contributed by atoms with Gasteiger partial charge in [0.1, 0.15) is 0 Å². The number of nitrogens with two attached hydrogens (primary N) is 1. The Balaban J connectivity index is 2.25. The molecule has 0 saturated heterocycles. The van der Waals surface area contributed by atoms with E-state index in [-0.39, 0.29) is 0 Å². The van der Waals surface area contributed by atoms with Gasteiger partial charge in [-0.05, 0) is 32.4 Å². The Morgan fingerprint density at radius 3 is 2.67 bits per heavy atom. The maximum atomic E-state index is 5.78. The number of nitrogens with zero attached hydrogens (tertiary/aromatic N) is 1. The minimum atomic E-state index is 0.388. The average Bonchev–Trinajstić information content (AvgIpc) is 2.36. The molecule has 3 nitrogen and oxygen atoms in total. The molecule has 1 rings (SSSR count). The normalized spacial score (nSPS) is 13.4. The molecule has 0 fully saturated rings. The highest BCUT2D eigenvalue weighted by atomic mass is 32.2. The van der Waals surface area contributed by atoms with Gasteiger partial charge in [0.05, 0.1) is 6.54 Å². The zero-order valence-electron chi connectivity index (χ0n) is 11.4. The first-order valence-electron chi connectivity index (χ1n) is 6.37. The maximum Gasteiger partial charge on any atom is 0.188 e. The molecule has 0 saturated carbocycles. The molecule has 0 bridgehead atoms. The van der Waals surface area contributed by atoms with Gasteiger partial charge in [-0.1, -0.05) is 24.6 Å². The molecule has 1 unspecified atom stereocenters. The first-order chi connectivity index (χ1) is 8.61. The zero-order chi connectivity index (χ0) is 13.4. The second-order valence-electron chi connectivity index (χ2n) is 4.38. The summed E-state index contributed by atoms with van der Waals surface area (Å²) in [7, 11) is 0. The van der Waals surface area contributed by atoms with Crippen molar-refractivity contribution in [2.75, 3.05) is 12.3 Å². The van der Waals surface area contributed by atoms with Gasteiger partial charge in [0, 0.05) is 16.7 Å². The van der Waals surface area contributed by atoms with E-state index in [1.165, 1.54) is 10.5 Å². The number of hydrogen-bond acceptors (Lipinski definition) is 2. The molecule has 1 aromatic rings. The highest BCUT2D eigenvalue weighted by Crippen LogP contribution is 2.17. The van der Waals surface area contributed by atoms with Crippen molar-refractivity contribution in [3.63, 3.8) is 0 Å². The van der Waals surface area contributed by atoms with Crippen LogP contribution in [0.25, 0.3) is 0 Å². The Bertz CT molecular complexity index is 373. The van der Waals surface area contributed by atoms with E-state index >= 15 is 0 Å². The fourth-order valence-corrected chi connectivity index (χ4v) is 2.11. The molecule has 0 heterocycles. The Kier molecular flexibility index (Phi) is 6.65. The summed E-state index contributed by atoms with van der Waals surface area (Å²) in [6, 6.07) is 8.93. The predicted octanol–water partition coefficient (Wildman–Crippen LogP) is 2.79. The van der Waals surface area contributed by atoms with Crippen molar-refractivity contribution >= 4 is 17.7 Å². The lowest BCUT2D eigenvalue weighted by molar-refractivity contribution is 0.637. The van der Waals surface area contributed by atoms with E-state index < -0.39 is 0 Å². The van der Waals surface area contributed by atoms with Crippen LogP contribution in [-0.2, 0) is 0 Å². The van der Waals surface area contributed by atoms with Crippen LogP contribution in [0.5, 0.6) is 0 Å². The molecule has 100 valence electrons. The summed E-state index contributed by atoms with van der Waals surface area (Å²) in [5.74, 6) is 1.50. The van der Waals surface area contributed by atoms with E-state index in [9.17, 15) is 0 Å². The molecule has 0 aromatic heterocycles. The van der Waals surface area contributed by atoms with Crippen LogP contribution in [0, 0.1) is 6.92 Å². The molecule has 0 spiro atoms. The smallest absolute Gasteiger partial charge is 0.188 e. The fraction of sp³-hybridized carbons (Fsp3) is 0.500. The number of nitrogens with one attached hydrogen (secondary N) is 1. The van der Waals surface area contributed by atoms with Gasteiger partial charge in [0.15, 0.2) is 5.96 Å². The molecule has 1 aromatic carbocycles. The first-order valence-corrected chi connectivity index (χ1v) is 7.36. The van der Waals surface area contributed by atoms with Crippen LogP contribution in [0.3, 0.4) is 0 Å². The second kappa shape index (κ2) is 8.03. The van der Waals surface area contributed by atoms with E-state index in [1.54, 1.807) is 11.8 Å². The first kappa shape index (κ1) is 14.9. The SMILES string of the molecule is CCC(C)NC(N)=NCCSc1ccc(C)cc1. The molecule has 1 atom stereocenters. The van der Waals surface area contributed by atoms with Crippen molar-refractivity contribution in [1.82, 2.24) is 5.32 Å². The van der Waals surface area contributed by atoms with Gasteiger partial charge in [-0.25, -0.2) is 0 Å². The Hall–Kier alpha value is -1.16. The summed E-state index contributed by atoms with van der Waals surface area (Å²) in [5, 5.41) is 3.15. The van der Waals surface area contributed by atoms with E-state index in [0.717, 1.165) is 18.7 Å². The number of aryl methyl sites for hydroxylation is 1. The van der Waals surface area contributed by atoms with Crippen molar-refractivity contribution in [3.8, 4) is 0 Å². The maximum absolute atomic E-state index is 5.78. The van der Waals surface area contributed by atoms with Crippen molar-refractivity contribution in [3.05, 3.63) is 29.8 Å². The largest absolute Gasteiger partial charge is 0.370 e. The summed E-state index contributed by atoms with van der Waals surface area (Å²) in [4.78, 5) is 5.59. The van der Waals surface area contributed by atoms with E-state index in [2.05, 4.69) is 55.3 Å². The van der Waals surface area contributed by atoms with Crippen LogP contribution in [0.4, 0.5) is 0 Å².